The van der Waals surface area contributed by atoms with Crippen molar-refractivity contribution >= 4 is 5.97 Å². The number of hydrogen-bond acceptors (Lipinski definition) is 5. The minimum absolute atomic E-state index is 0.192. The maximum atomic E-state index is 11.9. The van der Waals surface area contributed by atoms with Gasteiger partial charge in [0, 0.05) is 20.3 Å². The highest BCUT2D eigenvalue weighted by atomic mass is 16.5. The van der Waals surface area contributed by atoms with Crippen molar-refractivity contribution in [2.75, 3.05) is 20.8 Å². The normalized spacial score (nSPS) is 36.3. The van der Waals surface area contributed by atoms with Gasteiger partial charge in [-0.25, -0.2) is 4.79 Å². The van der Waals surface area contributed by atoms with Crippen LogP contribution in [0.25, 0.3) is 0 Å². The van der Waals surface area contributed by atoms with Gasteiger partial charge in [0.15, 0.2) is 0 Å². The van der Waals surface area contributed by atoms with Crippen molar-refractivity contribution in [2.24, 2.45) is 5.92 Å². The summed E-state index contributed by atoms with van der Waals surface area (Å²) in [6.07, 6.45) is 9.42. The van der Waals surface area contributed by atoms with Crippen LogP contribution in [0.3, 0.4) is 0 Å². The number of ether oxygens (including phenoxy) is 3. The lowest BCUT2D eigenvalue weighted by Gasteiger charge is -2.22. The predicted octanol–water partition coefficient (Wildman–Crippen LogP) is 2.80. The SMILES string of the molecule is COC/C1=C\CC[C@H](C)[C@@H](C)OC(=O)C=C[C@](C)(O)/C=C/[C@@H]1OC. The molecule has 0 bridgehead atoms. The van der Waals surface area contributed by atoms with E-state index in [1.807, 2.05) is 6.92 Å². The molecule has 0 saturated heterocycles. The van der Waals surface area contributed by atoms with Crippen molar-refractivity contribution in [3.8, 4) is 0 Å². The van der Waals surface area contributed by atoms with Crippen molar-refractivity contribution in [1.82, 2.24) is 0 Å². The first-order chi connectivity index (χ1) is 11.3. The van der Waals surface area contributed by atoms with Crippen LogP contribution in [0, 0.1) is 5.92 Å². The van der Waals surface area contributed by atoms with E-state index in [1.165, 1.54) is 12.2 Å². The molecule has 136 valence electrons. The van der Waals surface area contributed by atoms with Gasteiger partial charge < -0.3 is 19.3 Å². The molecular formula is C19H30O5. The largest absolute Gasteiger partial charge is 0.459 e. The first-order valence-electron chi connectivity index (χ1n) is 8.31. The molecule has 5 nitrogen and oxygen atoms in total. The summed E-state index contributed by atoms with van der Waals surface area (Å²) in [6, 6.07) is 0. The monoisotopic (exact) mass is 338 g/mol. The van der Waals surface area contributed by atoms with Crippen LogP contribution in [0.2, 0.25) is 0 Å². The molecule has 0 fully saturated rings. The smallest absolute Gasteiger partial charge is 0.330 e. The summed E-state index contributed by atoms with van der Waals surface area (Å²) in [5.74, 6) is -0.221. The fraction of sp³-hybridized carbons (Fsp3) is 0.632. The van der Waals surface area contributed by atoms with Gasteiger partial charge in [-0.2, -0.15) is 0 Å². The van der Waals surface area contributed by atoms with E-state index >= 15 is 0 Å². The molecule has 0 radical (unpaired) electrons. The summed E-state index contributed by atoms with van der Waals surface area (Å²) in [4.78, 5) is 11.9. The molecule has 1 aliphatic heterocycles. The molecule has 0 spiro atoms. The van der Waals surface area contributed by atoms with Gasteiger partial charge in [0.1, 0.15) is 6.10 Å². The van der Waals surface area contributed by atoms with Gasteiger partial charge in [-0.05, 0) is 44.3 Å². The summed E-state index contributed by atoms with van der Waals surface area (Å²) < 4.78 is 16.2. The molecule has 0 amide bonds. The van der Waals surface area contributed by atoms with Crippen LogP contribution in [-0.4, -0.2) is 49.7 Å². The average Bonchev–Trinajstić information content (AvgIpc) is 2.52. The number of allylic oxidation sites excluding steroid dienone is 1. The molecule has 0 aromatic heterocycles. The zero-order valence-electron chi connectivity index (χ0n) is 15.3. The number of methoxy groups -OCH3 is 2. The Morgan fingerprint density at radius 1 is 1.33 bits per heavy atom. The number of carbonyl (C=O) groups excluding carboxylic acids is 1. The number of cyclic esters (lactones) is 1. The molecule has 24 heavy (non-hydrogen) atoms. The van der Waals surface area contributed by atoms with Crippen molar-refractivity contribution in [1.29, 1.82) is 0 Å². The minimum atomic E-state index is -1.27. The van der Waals surface area contributed by atoms with Crippen LogP contribution in [0.15, 0.2) is 36.0 Å². The number of carbonyl (C=O) groups is 1. The van der Waals surface area contributed by atoms with Crippen LogP contribution in [-0.2, 0) is 19.0 Å². The van der Waals surface area contributed by atoms with Gasteiger partial charge in [-0.1, -0.05) is 25.2 Å². The molecule has 0 saturated carbocycles. The Kier molecular flexibility index (Phi) is 8.39. The third-order valence-corrected chi connectivity index (χ3v) is 4.23. The molecule has 0 aromatic carbocycles. The Morgan fingerprint density at radius 2 is 2.04 bits per heavy atom. The van der Waals surface area contributed by atoms with Crippen molar-refractivity contribution < 1.29 is 24.1 Å². The maximum Gasteiger partial charge on any atom is 0.330 e. The minimum Gasteiger partial charge on any atom is -0.459 e. The van der Waals surface area contributed by atoms with Crippen molar-refractivity contribution in [3.05, 3.63) is 36.0 Å². The molecule has 1 rings (SSSR count). The summed E-state index contributed by atoms with van der Waals surface area (Å²) in [7, 11) is 3.26. The highest BCUT2D eigenvalue weighted by Gasteiger charge is 2.19. The maximum absolute atomic E-state index is 11.9. The second-order valence-electron chi connectivity index (χ2n) is 6.48. The van der Waals surface area contributed by atoms with E-state index in [9.17, 15) is 9.90 Å². The highest BCUT2D eigenvalue weighted by Crippen LogP contribution is 2.19. The molecule has 1 heterocycles. The van der Waals surface area contributed by atoms with Crippen LogP contribution < -0.4 is 0 Å². The topological polar surface area (TPSA) is 65.0 Å². The predicted molar refractivity (Wildman–Crippen MR) is 93.6 cm³/mol. The Balaban J connectivity index is 3.12. The molecule has 4 atom stereocenters. The Bertz CT molecular complexity index is 490. The van der Waals surface area contributed by atoms with E-state index in [0.717, 1.165) is 18.4 Å². The number of aliphatic hydroxyl groups is 1. The van der Waals surface area contributed by atoms with Crippen LogP contribution in [0.1, 0.15) is 33.6 Å². The lowest BCUT2D eigenvalue weighted by Crippen LogP contribution is -2.24. The average molecular weight is 338 g/mol. The Labute approximate surface area is 145 Å². The Hall–Kier alpha value is -1.43. The molecule has 0 aromatic rings. The van der Waals surface area contributed by atoms with E-state index in [2.05, 4.69) is 13.0 Å². The van der Waals surface area contributed by atoms with Gasteiger partial charge in [0.2, 0.25) is 0 Å². The number of rotatable bonds is 3. The van der Waals surface area contributed by atoms with E-state index in [-0.39, 0.29) is 18.1 Å². The van der Waals surface area contributed by atoms with Crippen LogP contribution >= 0.6 is 0 Å². The summed E-state index contributed by atoms with van der Waals surface area (Å²) in [5.41, 5.74) is -0.266. The zero-order chi connectivity index (χ0) is 18.2. The van der Waals surface area contributed by atoms with Crippen molar-refractivity contribution in [3.63, 3.8) is 0 Å². The second-order valence-corrected chi connectivity index (χ2v) is 6.48. The van der Waals surface area contributed by atoms with Crippen molar-refractivity contribution in [2.45, 2.75) is 51.4 Å². The standard InChI is InChI=1S/C19H30O5/c1-14-7-6-8-16(13-22-4)17(23-5)9-11-19(3,21)12-10-18(20)24-15(14)2/h8-12,14-15,17,21H,6-7,13H2,1-5H3/b11-9+,12-10?,16-8+/t14-,15+,17-,19+/m0/s1. The second kappa shape index (κ2) is 9.77. The first-order valence-corrected chi connectivity index (χ1v) is 8.31. The molecule has 5 heteroatoms. The number of esters is 1. The van der Waals surface area contributed by atoms with Crippen LogP contribution in [0.5, 0.6) is 0 Å². The third kappa shape index (κ3) is 6.99. The highest BCUT2D eigenvalue weighted by molar-refractivity contribution is 5.82. The molecule has 0 aliphatic carbocycles. The zero-order valence-corrected chi connectivity index (χ0v) is 15.3. The van der Waals surface area contributed by atoms with Gasteiger partial charge in [-0.15, -0.1) is 0 Å². The quantitative estimate of drug-likeness (QED) is 0.633. The fourth-order valence-electron chi connectivity index (χ4n) is 2.46. The molecular weight excluding hydrogens is 308 g/mol. The Morgan fingerprint density at radius 3 is 2.67 bits per heavy atom. The lowest BCUT2D eigenvalue weighted by molar-refractivity contribution is -0.144. The molecule has 1 aliphatic rings. The van der Waals surface area contributed by atoms with Gasteiger partial charge in [0.25, 0.3) is 0 Å². The first kappa shape index (κ1) is 20.6. The molecule has 1 N–H and O–H groups in total. The van der Waals surface area contributed by atoms with Gasteiger partial charge in [0.05, 0.1) is 18.3 Å². The van der Waals surface area contributed by atoms with E-state index in [4.69, 9.17) is 14.2 Å². The summed E-state index contributed by atoms with van der Waals surface area (Å²) in [6.45, 7) is 6.00. The van der Waals surface area contributed by atoms with E-state index < -0.39 is 11.6 Å². The third-order valence-electron chi connectivity index (χ3n) is 4.23. The summed E-state index contributed by atoms with van der Waals surface area (Å²) >= 11 is 0. The lowest BCUT2D eigenvalue weighted by atomic mass is 9.97. The van der Waals surface area contributed by atoms with Gasteiger partial charge in [-0.3, -0.25) is 0 Å². The fourth-order valence-corrected chi connectivity index (χ4v) is 2.46. The van der Waals surface area contributed by atoms with Gasteiger partial charge >= 0.3 is 5.97 Å². The molecule has 0 unspecified atom stereocenters. The van der Waals surface area contributed by atoms with E-state index in [1.54, 1.807) is 33.3 Å². The van der Waals surface area contributed by atoms with E-state index in [0.29, 0.717) is 6.61 Å². The number of hydrogen-bond donors (Lipinski definition) is 1. The van der Waals surface area contributed by atoms with Crippen LogP contribution in [0.4, 0.5) is 0 Å². The summed E-state index contributed by atoms with van der Waals surface area (Å²) in [5, 5.41) is 10.4.